The van der Waals surface area contributed by atoms with E-state index in [0.717, 1.165) is 0 Å². The predicted octanol–water partition coefficient (Wildman–Crippen LogP) is 3.42. The van der Waals surface area contributed by atoms with Crippen molar-refractivity contribution in [3.8, 4) is 0 Å². The van der Waals surface area contributed by atoms with Gasteiger partial charge in [-0.1, -0.05) is 29.3 Å². The van der Waals surface area contributed by atoms with E-state index in [9.17, 15) is 9.59 Å². The molecule has 24 heavy (non-hydrogen) atoms. The Kier molecular flexibility index (Phi) is 8.63. The van der Waals surface area contributed by atoms with Gasteiger partial charge in [0.15, 0.2) is 11.6 Å². The predicted molar refractivity (Wildman–Crippen MR) is 101 cm³/mol. The minimum absolute atomic E-state index is 0.154. The van der Waals surface area contributed by atoms with Crippen LogP contribution in [0.25, 0.3) is 6.08 Å². The van der Waals surface area contributed by atoms with E-state index in [2.05, 4.69) is 0 Å². The summed E-state index contributed by atoms with van der Waals surface area (Å²) in [7, 11) is 7.57. The molecule has 0 radical (unpaired) electrons. The van der Waals surface area contributed by atoms with Crippen LogP contribution in [0.3, 0.4) is 0 Å². The van der Waals surface area contributed by atoms with Crippen LogP contribution < -0.4 is 0 Å². The number of hydrogen-bond donors (Lipinski definition) is 0. The Bertz CT molecular complexity index is 599. The molecule has 6 heteroatoms. The molecule has 0 aromatic heterocycles. The quantitative estimate of drug-likeness (QED) is 0.379. The normalized spacial score (nSPS) is 11.0. The fraction of sp³-hybridized carbons (Fsp3) is 0.444. The summed E-state index contributed by atoms with van der Waals surface area (Å²) in [5.74, 6) is -0.308. The number of benzene rings is 1. The van der Waals surface area contributed by atoms with Crippen molar-refractivity contribution in [2.75, 3.05) is 41.3 Å². The Morgan fingerprint density at radius 1 is 0.917 bits per heavy atom. The highest BCUT2D eigenvalue weighted by molar-refractivity contribution is 6.42. The fourth-order valence-corrected chi connectivity index (χ4v) is 2.31. The molecule has 4 nitrogen and oxygen atoms in total. The summed E-state index contributed by atoms with van der Waals surface area (Å²) in [5.41, 5.74) is 0.910. The molecule has 0 saturated carbocycles. The Hall–Kier alpha value is -1.20. The monoisotopic (exact) mass is 370 g/mol. The van der Waals surface area contributed by atoms with E-state index in [1.54, 1.807) is 24.3 Å². The first-order valence-corrected chi connectivity index (χ1v) is 8.49. The van der Waals surface area contributed by atoms with Gasteiger partial charge in [0.2, 0.25) is 0 Å². The molecule has 1 aromatic carbocycles. The second-order valence-electron chi connectivity index (χ2n) is 6.18. The van der Waals surface area contributed by atoms with E-state index in [-0.39, 0.29) is 17.1 Å². The van der Waals surface area contributed by atoms with Gasteiger partial charge >= 0.3 is 0 Å². The van der Waals surface area contributed by atoms with Crippen molar-refractivity contribution < 1.29 is 9.59 Å². The molecule has 0 atom stereocenters. The molecule has 132 valence electrons. The first-order valence-electron chi connectivity index (χ1n) is 7.73. The van der Waals surface area contributed by atoms with Gasteiger partial charge in [0.1, 0.15) is 0 Å². The van der Waals surface area contributed by atoms with Gasteiger partial charge in [0, 0.05) is 25.9 Å². The molecule has 1 aromatic rings. The first kappa shape index (κ1) is 20.8. The number of halogens is 2. The lowest BCUT2D eigenvalue weighted by molar-refractivity contribution is -0.121. The summed E-state index contributed by atoms with van der Waals surface area (Å²) in [6, 6.07) is 5.05. The standard InChI is InChI=1S/C18H24Cl2N2O2/c1-21(2)9-7-17(23)14(18(24)8-10-22(3)4)11-13-5-6-15(19)16(20)12-13/h5-6,11-12H,7-10H2,1-4H3. The van der Waals surface area contributed by atoms with Crippen LogP contribution in [0.15, 0.2) is 23.8 Å². The number of carbonyl (C=O) groups is 2. The average Bonchev–Trinajstić information content (AvgIpc) is 2.51. The molecule has 1 rings (SSSR count). The first-order chi connectivity index (χ1) is 11.2. The van der Waals surface area contributed by atoms with Crippen LogP contribution in [-0.2, 0) is 9.59 Å². The van der Waals surface area contributed by atoms with Gasteiger partial charge in [-0.2, -0.15) is 0 Å². The summed E-state index contributed by atoms with van der Waals surface area (Å²) in [5, 5.41) is 0.833. The maximum Gasteiger partial charge on any atom is 0.167 e. The van der Waals surface area contributed by atoms with Crippen LogP contribution in [0.1, 0.15) is 18.4 Å². The number of Topliss-reactive ketones (excluding diaryl/α,β-unsaturated/α-hetero) is 2. The highest BCUT2D eigenvalue weighted by Crippen LogP contribution is 2.24. The summed E-state index contributed by atoms with van der Waals surface area (Å²) >= 11 is 11.9. The molecule has 0 heterocycles. The van der Waals surface area contributed by atoms with Crippen LogP contribution in [0.4, 0.5) is 0 Å². The number of allylic oxidation sites excluding steroid dienone is 1. The van der Waals surface area contributed by atoms with Crippen molar-refractivity contribution in [2.45, 2.75) is 12.8 Å². The summed E-state index contributed by atoms with van der Waals surface area (Å²) < 4.78 is 0. The molecule has 0 amide bonds. The van der Waals surface area contributed by atoms with Gasteiger partial charge in [-0.25, -0.2) is 0 Å². The fourth-order valence-electron chi connectivity index (χ4n) is 2.00. The zero-order valence-electron chi connectivity index (χ0n) is 14.6. The minimum Gasteiger partial charge on any atom is -0.309 e. The van der Waals surface area contributed by atoms with Crippen molar-refractivity contribution >= 4 is 40.8 Å². The smallest absolute Gasteiger partial charge is 0.167 e. The van der Waals surface area contributed by atoms with Crippen LogP contribution in [-0.4, -0.2) is 62.6 Å². The molecule has 0 fully saturated rings. The maximum absolute atomic E-state index is 12.5. The van der Waals surface area contributed by atoms with E-state index < -0.39 is 0 Å². The largest absolute Gasteiger partial charge is 0.309 e. The lowest BCUT2D eigenvalue weighted by Gasteiger charge is -2.12. The molecule has 0 N–H and O–H groups in total. The number of carbonyl (C=O) groups excluding carboxylic acids is 2. The summed E-state index contributed by atoms with van der Waals surface area (Å²) in [6.07, 6.45) is 2.21. The van der Waals surface area contributed by atoms with Crippen molar-refractivity contribution in [2.24, 2.45) is 0 Å². The van der Waals surface area contributed by atoms with Crippen molar-refractivity contribution in [3.05, 3.63) is 39.4 Å². The lowest BCUT2D eigenvalue weighted by atomic mass is 9.98. The third-order valence-corrected chi connectivity index (χ3v) is 4.17. The number of hydrogen-bond acceptors (Lipinski definition) is 4. The molecule has 0 bridgehead atoms. The number of ketones is 2. The molecular weight excluding hydrogens is 347 g/mol. The Balaban J connectivity index is 3.06. The second kappa shape index (κ2) is 9.94. The molecule has 0 unspecified atom stereocenters. The van der Waals surface area contributed by atoms with Gasteiger partial charge < -0.3 is 9.80 Å². The third kappa shape index (κ3) is 7.14. The maximum atomic E-state index is 12.5. The van der Waals surface area contributed by atoms with E-state index in [1.807, 2.05) is 38.0 Å². The van der Waals surface area contributed by atoms with Gasteiger partial charge in [-0.3, -0.25) is 9.59 Å². The van der Waals surface area contributed by atoms with Crippen LogP contribution in [0, 0.1) is 0 Å². The molecule has 0 aliphatic carbocycles. The topological polar surface area (TPSA) is 40.6 Å². The number of rotatable bonds is 9. The lowest BCUT2D eigenvalue weighted by Crippen LogP contribution is -2.23. The SMILES string of the molecule is CN(C)CCC(=O)C(=Cc1ccc(Cl)c(Cl)c1)C(=O)CCN(C)C. The molecular formula is C18H24Cl2N2O2. The van der Waals surface area contributed by atoms with Gasteiger partial charge in [0.25, 0.3) is 0 Å². The Morgan fingerprint density at radius 3 is 1.83 bits per heavy atom. The Morgan fingerprint density at radius 2 is 1.42 bits per heavy atom. The summed E-state index contributed by atoms with van der Waals surface area (Å²) in [6.45, 7) is 1.19. The second-order valence-corrected chi connectivity index (χ2v) is 7.00. The molecule has 0 saturated heterocycles. The minimum atomic E-state index is -0.154. The van der Waals surface area contributed by atoms with Crippen LogP contribution >= 0.6 is 23.2 Å². The molecule has 0 aliphatic rings. The van der Waals surface area contributed by atoms with E-state index in [4.69, 9.17) is 23.2 Å². The van der Waals surface area contributed by atoms with Crippen molar-refractivity contribution in [3.63, 3.8) is 0 Å². The molecule has 0 spiro atoms. The van der Waals surface area contributed by atoms with Gasteiger partial charge in [0.05, 0.1) is 15.6 Å². The van der Waals surface area contributed by atoms with Crippen LogP contribution in [0.5, 0.6) is 0 Å². The van der Waals surface area contributed by atoms with Crippen LogP contribution in [0.2, 0.25) is 10.0 Å². The van der Waals surface area contributed by atoms with Crippen molar-refractivity contribution in [1.29, 1.82) is 0 Å². The van der Waals surface area contributed by atoms with E-state index in [1.165, 1.54) is 0 Å². The zero-order valence-corrected chi connectivity index (χ0v) is 16.1. The van der Waals surface area contributed by atoms with Crippen molar-refractivity contribution in [1.82, 2.24) is 9.80 Å². The third-order valence-electron chi connectivity index (χ3n) is 3.43. The molecule has 0 aliphatic heterocycles. The van der Waals surface area contributed by atoms with E-state index in [0.29, 0.717) is 41.5 Å². The average molecular weight is 371 g/mol. The highest BCUT2D eigenvalue weighted by atomic mass is 35.5. The van der Waals surface area contributed by atoms with E-state index >= 15 is 0 Å². The number of nitrogens with zero attached hydrogens (tertiary/aromatic N) is 2. The highest BCUT2D eigenvalue weighted by Gasteiger charge is 2.18. The zero-order chi connectivity index (χ0) is 18.3. The Labute approximate surface area is 154 Å². The van der Waals surface area contributed by atoms with Gasteiger partial charge in [-0.15, -0.1) is 0 Å². The summed E-state index contributed by atoms with van der Waals surface area (Å²) in [4.78, 5) is 28.8. The van der Waals surface area contributed by atoms with Gasteiger partial charge in [-0.05, 0) is 52.0 Å².